The minimum absolute atomic E-state index is 0.0764. The van der Waals surface area contributed by atoms with Crippen molar-refractivity contribution < 1.29 is 4.79 Å². The Balaban J connectivity index is 1.29. The fourth-order valence-corrected chi connectivity index (χ4v) is 6.54. The van der Waals surface area contributed by atoms with Crippen LogP contribution in [0.1, 0.15) is 77.0 Å². The number of nitrogen functional groups attached to an aromatic ring is 1. The number of carbonyl (C=O) groups is 1. The number of fused-ring (bicyclic) bond motifs is 1. The molecule has 1 aliphatic carbocycles. The largest absolute Gasteiger partial charge is 0.384 e. The minimum Gasteiger partial charge on any atom is -0.384 e. The molecule has 0 unspecified atom stereocenters. The molecule has 1 amide bonds. The Bertz CT molecular complexity index is 1770. The highest BCUT2D eigenvalue weighted by Crippen LogP contribution is 2.29. The van der Waals surface area contributed by atoms with Crippen molar-refractivity contribution in [2.24, 2.45) is 17.4 Å². The van der Waals surface area contributed by atoms with Crippen molar-refractivity contribution >= 4 is 28.6 Å². The van der Waals surface area contributed by atoms with Gasteiger partial charge in [0.1, 0.15) is 17.5 Å². The average molecular weight is 614 g/mol. The Hall–Kier alpha value is -4.82. The average Bonchev–Trinajstić information content (AvgIpc) is 3.46. The summed E-state index contributed by atoms with van der Waals surface area (Å²) in [5.74, 6) is 2.35. The molecule has 0 bridgehead atoms. The van der Waals surface area contributed by atoms with Gasteiger partial charge in [0.05, 0.1) is 17.6 Å². The lowest BCUT2D eigenvalue weighted by molar-refractivity contribution is 0.0984. The molecule has 2 aromatic heterocycles. The van der Waals surface area contributed by atoms with Gasteiger partial charge in [-0.1, -0.05) is 86.7 Å². The maximum Gasteiger partial charge on any atom is 0.259 e. The second kappa shape index (κ2) is 14.5. The first-order chi connectivity index (χ1) is 22.5. The summed E-state index contributed by atoms with van der Waals surface area (Å²) in [6.07, 6.45) is 11.1. The molecule has 1 fully saturated rings. The van der Waals surface area contributed by atoms with Gasteiger partial charge >= 0.3 is 0 Å². The second-order valence-electron chi connectivity index (χ2n) is 12.4. The number of aryl methyl sites for hydroxylation is 3. The second-order valence-corrected chi connectivity index (χ2v) is 12.4. The third-order valence-electron chi connectivity index (χ3n) is 9.23. The quantitative estimate of drug-likeness (QED) is 0.106. The fourth-order valence-electron chi connectivity index (χ4n) is 6.54. The Morgan fingerprint density at radius 3 is 2.28 bits per heavy atom. The molecule has 0 radical (unpaired) electrons. The molecule has 1 aliphatic rings. The van der Waals surface area contributed by atoms with Crippen molar-refractivity contribution in [2.75, 3.05) is 4.90 Å². The van der Waals surface area contributed by atoms with Crippen molar-refractivity contribution in [1.29, 1.82) is 5.41 Å². The lowest BCUT2D eigenvalue weighted by Gasteiger charge is -2.22. The van der Waals surface area contributed by atoms with Gasteiger partial charge in [-0.25, -0.2) is 9.97 Å². The van der Waals surface area contributed by atoms with Gasteiger partial charge in [-0.15, -0.1) is 0 Å². The number of aromatic nitrogens is 3. The first-order valence-electron chi connectivity index (χ1n) is 16.4. The maximum atomic E-state index is 14.1. The zero-order valence-electron chi connectivity index (χ0n) is 26.4. The number of nitrogens with two attached hydrogens (primary N) is 2. The molecular weight excluding hydrogens is 570 g/mol. The third-order valence-corrected chi connectivity index (χ3v) is 9.23. The Morgan fingerprint density at radius 1 is 0.870 bits per heavy atom. The molecule has 8 nitrogen and oxygen atoms in total. The van der Waals surface area contributed by atoms with E-state index in [-0.39, 0.29) is 11.7 Å². The van der Waals surface area contributed by atoms with Gasteiger partial charge in [0.25, 0.3) is 5.91 Å². The number of nitrogens with zero attached hydrogens (tertiary/aromatic N) is 4. The van der Waals surface area contributed by atoms with Crippen LogP contribution in [0.4, 0.5) is 5.82 Å². The Morgan fingerprint density at radius 2 is 1.59 bits per heavy atom. The predicted molar refractivity (Wildman–Crippen MR) is 185 cm³/mol. The van der Waals surface area contributed by atoms with E-state index in [9.17, 15) is 4.79 Å². The van der Waals surface area contributed by atoms with Crippen molar-refractivity contribution in [3.05, 3.63) is 125 Å². The maximum absolute atomic E-state index is 14.1. The highest BCUT2D eigenvalue weighted by Gasteiger charge is 2.22. The first kappa shape index (κ1) is 31.2. The number of pyridine rings is 1. The van der Waals surface area contributed by atoms with Crippen molar-refractivity contribution in [3.8, 4) is 0 Å². The van der Waals surface area contributed by atoms with Crippen LogP contribution in [0.2, 0.25) is 0 Å². The van der Waals surface area contributed by atoms with Crippen molar-refractivity contribution in [2.45, 2.75) is 71.0 Å². The molecule has 2 heterocycles. The molecule has 5 N–H and O–H groups in total. The van der Waals surface area contributed by atoms with Crippen LogP contribution in [0, 0.1) is 11.3 Å². The SMILES string of the molecule is N=C(N)c1ccc(CCc2nc3cc(C(=O)N(Cc4ccc(CN)cc4)c4ccccn4)ccc3n2CCC2CCCCC2)cc1. The molecular formula is C38H43N7O. The molecule has 0 spiro atoms. The first-order valence-corrected chi connectivity index (χ1v) is 16.4. The number of hydrogen-bond acceptors (Lipinski definition) is 5. The van der Waals surface area contributed by atoms with Gasteiger partial charge in [-0.3, -0.25) is 15.1 Å². The number of imidazole rings is 1. The van der Waals surface area contributed by atoms with Gasteiger partial charge in [0.2, 0.25) is 0 Å². The van der Waals surface area contributed by atoms with Crippen molar-refractivity contribution in [1.82, 2.24) is 14.5 Å². The summed E-state index contributed by atoms with van der Waals surface area (Å²) in [6.45, 7) is 1.79. The molecule has 6 rings (SSSR count). The number of amidine groups is 1. The lowest BCUT2D eigenvalue weighted by Crippen LogP contribution is -2.31. The van der Waals surface area contributed by atoms with Crippen LogP contribution >= 0.6 is 0 Å². The topological polar surface area (TPSA) is 127 Å². The van der Waals surface area contributed by atoms with E-state index in [2.05, 4.69) is 15.6 Å². The summed E-state index contributed by atoms with van der Waals surface area (Å²) in [4.78, 5) is 25.5. The van der Waals surface area contributed by atoms with Crippen LogP contribution in [-0.4, -0.2) is 26.3 Å². The Kier molecular flexibility index (Phi) is 9.84. The molecule has 5 aromatic rings. The van der Waals surface area contributed by atoms with E-state index in [1.165, 1.54) is 37.7 Å². The summed E-state index contributed by atoms with van der Waals surface area (Å²) in [6, 6.07) is 27.5. The van der Waals surface area contributed by atoms with Gasteiger partial charge in [-0.2, -0.15) is 0 Å². The Labute approximate surface area is 271 Å². The molecule has 1 saturated carbocycles. The minimum atomic E-state index is -0.118. The summed E-state index contributed by atoms with van der Waals surface area (Å²) >= 11 is 0. The van der Waals surface area contributed by atoms with Gasteiger partial charge < -0.3 is 16.0 Å². The summed E-state index contributed by atoms with van der Waals surface area (Å²) in [7, 11) is 0. The summed E-state index contributed by atoms with van der Waals surface area (Å²) < 4.78 is 2.37. The van der Waals surface area contributed by atoms with E-state index >= 15 is 0 Å². The molecule has 0 atom stereocenters. The number of amides is 1. The number of rotatable bonds is 12. The molecule has 0 saturated heterocycles. The normalized spacial score (nSPS) is 13.6. The highest BCUT2D eigenvalue weighted by molar-refractivity contribution is 6.07. The van der Waals surface area contributed by atoms with Crippen LogP contribution in [0.15, 0.2) is 91.1 Å². The fraction of sp³-hybridized carbons (Fsp3) is 0.316. The van der Waals surface area contributed by atoms with Gasteiger partial charge in [0, 0.05) is 36.8 Å². The van der Waals surface area contributed by atoms with Crippen LogP contribution in [0.3, 0.4) is 0 Å². The third kappa shape index (κ3) is 7.35. The van der Waals surface area contributed by atoms with Crippen LogP contribution in [0.25, 0.3) is 11.0 Å². The van der Waals surface area contributed by atoms with E-state index in [4.69, 9.17) is 21.9 Å². The standard InChI is InChI=1S/C38H43N7O/c39-25-29-9-11-30(12-10-29)26-45(35-8-4-5-22-42-35)38(46)32-18-19-34-33(24-32)43-36(44(34)23-21-27-6-2-1-3-7-27)20-15-28-13-16-31(17-14-28)37(40)41/h4-5,8-14,16-19,22,24,27H,1-3,6-7,15,20-21,23,25-26,39H2,(H3,40,41). The summed E-state index contributed by atoms with van der Waals surface area (Å²) in [5.41, 5.74) is 17.9. The van der Waals surface area contributed by atoms with E-state index in [1.807, 2.05) is 78.9 Å². The summed E-state index contributed by atoms with van der Waals surface area (Å²) in [5, 5.41) is 7.69. The number of nitrogens with one attached hydrogen (secondary N) is 1. The number of hydrogen-bond donors (Lipinski definition) is 3. The van der Waals surface area contributed by atoms with Gasteiger partial charge in [0.15, 0.2) is 0 Å². The smallest absolute Gasteiger partial charge is 0.259 e. The molecule has 0 aliphatic heterocycles. The molecule has 3 aromatic carbocycles. The molecule has 46 heavy (non-hydrogen) atoms. The van der Waals surface area contributed by atoms with Crippen LogP contribution in [-0.2, 0) is 32.5 Å². The van der Waals surface area contributed by atoms with Crippen molar-refractivity contribution in [3.63, 3.8) is 0 Å². The van der Waals surface area contributed by atoms with E-state index < -0.39 is 0 Å². The molecule has 236 valence electrons. The highest BCUT2D eigenvalue weighted by atomic mass is 16.2. The van der Waals surface area contributed by atoms with E-state index in [1.54, 1.807) is 11.1 Å². The number of anilines is 1. The zero-order chi connectivity index (χ0) is 31.9. The number of benzene rings is 3. The molecule has 8 heteroatoms. The lowest BCUT2D eigenvalue weighted by atomic mass is 9.87. The van der Waals surface area contributed by atoms with Crippen LogP contribution in [0.5, 0.6) is 0 Å². The number of carbonyl (C=O) groups excluding carboxylic acids is 1. The van der Waals surface area contributed by atoms with E-state index in [0.717, 1.165) is 65.3 Å². The predicted octanol–water partition coefficient (Wildman–Crippen LogP) is 6.78. The monoisotopic (exact) mass is 613 g/mol. The van der Waals surface area contributed by atoms with Gasteiger partial charge in [-0.05, 0) is 65.8 Å². The van der Waals surface area contributed by atoms with E-state index in [0.29, 0.717) is 24.5 Å². The van der Waals surface area contributed by atoms with Crippen LogP contribution < -0.4 is 16.4 Å². The zero-order valence-corrected chi connectivity index (χ0v) is 26.4.